The van der Waals surface area contributed by atoms with Gasteiger partial charge < -0.3 is 9.47 Å². The summed E-state index contributed by atoms with van der Waals surface area (Å²) in [4.78, 5) is 36.8. The van der Waals surface area contributed by atoms with Crippen molar-refractivity contribution >= 4 is 50.9 Å². The molecule has 0 aromatic heterocycles. The highest BCUT2D eigenvalue weighted by molar-refractivity contribution is 9.10. The van der Waals surface area contributed by atoms with E-state index in [0.29, 0.717) is 21.3 Å². The van der Waals surface area contributed by atoms with E-state index in [4.69, 9.17) is 10.00 Å². The first kappa shape index (κ1) is 21.6. The Morgan fingerprint density at radius 3 is 2.73 bits per heavy atom. The number of methoxy groups -OCH3 is 1. The summed E-state index contributed by atoms with van der Waals surface area (Å²) in [7, 11) is 1.19. The van der Waals surface area contributed by atoms with Crippen LogP contribution in [0.25, 0.3) is 6.08 Å². The van der Waals surface area contributed by atoms with Gasteiger partial charge >= 0.3 is 5.97 Å². The van der Waals surface area contributed by atoms with Crippen molar-refractivity contribution in [2.75, 3.05) is 13.7 Å². The van der Waals surface area contributed by atoms with Gasteiger partial charge in [0.25, 0.3) is 11.1 Å². The molecule has 0 unspecified atom stereocenters. The second-order valence-corrected chi connectivity index (χ2v) is 7.94. The van der Waals surface area contributed by atoms with Gasteiger partial charge in [-0.3, -0.25) is 19.3 Å². The zero-order valence-corrected chi connectivity index (χ0v) is 18.2. The number of hydrogen-bond donors (Lipinski definition) is 0. The van der Waals surface area contributed by atoms with E-state index in [9.17, 15) is 14.4 Å². The first-order chi connectivity index (χ1) is 14.4. The van der Waals surface area contributed by atoms with Crippen molar-refractivity contribution < 1.29 is 23.9 Å². The van der Waals surface area contributed by atoms with Crippen molar-refractivity contribution in [2.24, 2.45) is 0 Å². The van der Waals surface area contributed by atoms with Crippen molar-refractivity contribution in [3.05, 3.63) is 68.5 Å². The van der Waals surface area contributed by atoms with Crippen molar-refractivity contribution in [3.63, 3.8) is 0 Å². The number of nitrogens with zero attached hydrogens (tertiary/aromatic N) is 2. The molecular weight excluding hydrogens is 472 g/mol. The Bertz CT molecular complexity index is 1090. The van der Waals surface area contributed by atoms with Crippen LogP contribution in [0.4, 0.5) is 4.79 Å². The summed E-state index contributed by atoms with van der Waals surface area (Å²) in [6.45, 7) is -0.187. The number of amides is 2. The number of thioether (sulfide) groups is 1. The average Bonchev–Trinajstić information content (AvgIpc) is 3.00. The Balaban J connectivity index is 1.72. The van der Waals surface area contributed by atoms with Crippen LogP contribution in [0.5, 0.6) is 5.75 Å². The summed E-state index contributed by atoms with van der Waals surface area (Å²) in [6.07, 6.45) is 1.57. The fourth-order valence-electron chi connectivity index (χ4n) is 2.62. The maximum atomic E-state index is 12.4. The van der Waals surface area contributed by atoms with Crippen LogP contribution in [-0.2, 0) is 20.9 Å². The van der Waals surface area contributed by atoms with E-state index < -0.39 is 23.7 Å². The van der Waals surface area contributed by atoms with E-state index in [2.05, 4.69) is 26.7 Å². The third-order valence-corrected chi connectivity index (χ3v) is 5.69. The minimum atomic E-state index is -0.666. The molecule has 1 saturated heterocycles. The van der Waals surface area contributed by atoms with Gasteiger partial charge in [-0.05, 0) is 57.5 Å². The minimum absolute atomic E-state index is 0.215. The fraction of sp³-hybridized carbons (Fsp3) is 0.143. The second kappa shape index (κ2) is 9.61. The summed E-state index contributed by atoms with van der Waals surface area (Å²) in [5.41, 5.74) is 2.00. The quantitative estimate of drug-likeness (QED) is 0.447. The minimum Gasteiger partial charge on any atom is -0.488 e. The van der Waals surface area contributed by atoms with Gasteiger partial charge in [0.1, 0.15) is 18.9 Å². The number of imide groups is 1. The van der Waals surface area contributed by atoms with E-state index in [-0.39, 0.29) is 11.5 Å². The predicted molar refractivity (Wildman–Crippen MR) is 114 cm³/mol. The van der Waals surface area contributed by atoms with Crippen LogP contribution < -0.4 is 4.74 Å². The molecule has 1 aliphatic heterocycles. The van der Waals surface area contributed by atoms with Gasteiger partial charge in [0.15, 0.2) is 0 Å². The van der Waals surface area contributed by atoms with E-state index in [1.165, 1.54) is 7.11 Å². The first-order valence-electron chi connectivity index (χ1n) is 8.65. The molecule has 2 aromatic rings. The molecule has 7 nitrogen and oxygen atoms in total. The van der Waals surface area contributed by atoms with Crippen LogP contribution >= 0.6 is 27.7 Å². The average molecular weight is 487 g/mol. The van der Waals surface area contributed by atoms with Gasteiger partial charge in [0.2, 0.25) is 0 Å². The van der Waals surface area contributed by atoms with Crippen molar-refractivity contribution in [1.82, 2.24) is 4.90 Å². The molecule has 9 heteroatoms. The number of nitriles is 1. The lowest BCUT2D eigenvalue weighted by molar-refractivity contribution is -0.143. The summed E-state index contributed by atoms with van der Waals surface area (Å²) in [5.74, 6) is -0.639. The van der Waals surface area contributed by atoms with Crippen LogP contribution in [0.3, 0.4) is 0 Å². The lowest BCUT2D eigenvalue weighted by Crippen LogP contribution is -2.34. The van der Waals surface area contributed by atoms with Crippen LogP contribution in [0.2, 0.25) is 0 Å². The SMILES string of the molecule is COC(=O)CN1C(=O)S/C(=C/c2ccc(OCc3ccccc3C#N)c(Br)c2)C1=O. The highest BCUT2D eigenvalue weighted by Gasteiger charge is 2.36. The molecule has 2 amide bonds. The Kier molecular flexibility index (Phi) is 6.92. The molecule has 0 saturated carbocycles. The van der Waals surface area contributed by atoms with Gasteiger partial charge in [0, 0.05) is 5.56 Å². The van der Waals surface area contributed by atoms with E-state index in [1.807, 2.05) is 12.1 Å². The van der Waals surface area contributed by atoms with Gasteiger partial charge in [-0.25, -0.2) is 0 Å². The van der Waals surface area contributed by atoms with Crippen LogP contribution in [0.15, 0.2) is 51.8 Å². The molecule has 0 aliphatic carbocycles. The summed E-state index contributed by atoms with van der Waals surface area (Å²) < 4.78 is 11.0. The Morgan fingerprint density at radius 2 is 2.03 bits per heavy atom. The van der Waals surface area contributed by atoms with Crippen LogP contribution in [-0.4, -0.2) is 35.7 Å². The number of benzene rings is 2. The van der Waals surface area contributed by atoms with Crippen LogP contribution in [0.1, 0.15) is 16.7 Å². The van der Waals surface area contributed by atoms with Gasteiger partial charge in [-0.2, -0.15) is 5.26 Å². The van der Waals surface area contributed by atoms with E-state index in [0.717, 1.165) is 22.2 Å². The summed E-state index contributed by atoms with van der Waals surface area (Å²) >= 11 is 4.20. The Hall–Kier alpha value is -3.09. The van der Waals surface area contributed by atoms with Gasteiger partial charge in [-0.15, -0.1) is 0 Å². The number of carbonyl (C=O) groups is 3. The third kappa shape index (κ3) is 4.90. The predicted octanol–water partition coefficient (Wildman–Crippen LogP) is 4.11. The molecule has 3 rings (SSSR count). The topological polar surface area (TPSA) is 96.7 Å². The molecular formula is C21H15BrN2O5S. The molecule has 152 valence electrons. The highest BCUT2D eigenvalue weighted by atomic mass is 79.9. The summed E-state index contributed by atoms with van der Waals surface area (Å²) in [6, 6.07) is 14.5. The molecule has 2 aromatic carbocycles. The molecule has 0 spiro atoms. The molecule has 0 N–H and O–H groups in total. The second-order valence-electron chi connectivity index (χ2n) is 6.09. The smallest absolute Gasteiger partial charge is 0.325 e. The summed E-state index contributed by atoms with van der Waals surface area (Å²) in [5, 5.41) is 8.64. The lowest BCUT2D eigenvalue weighted by atomic mass is 10.1. The molecule has 30 heavy (non-hydrogen) atoms. The van der Waals surface area contributed by atoms with Crippen molar-refractivity contribution in [2.45, 2.75) is 6.61 Å². The largest absolute Gasteiger partial charge is 0.488 e. The number of carbonyl (C=O) groups excluding carboxylic acids is 3. The number of halogens is 1. The van der Waals surface area contributed by atoms with Gasteiger partial charge in [-0.1, -0.05) is 24.3 Å². The third-order valence-electron chi connectivity index (χ3n) is 4.16. The molecule has 0 bridgehead atoms. The fourth-order valence-corrected chi connectivity index (χ4v) is 3.97. The van der Waals surface area contributed by atoms with E-state index in [1.54, 1.807) is 36.4 Å². The maximum Gasteiger partial charge on any atom is 0.325 e. The number of esters is 1. The number of ether oxygens (including phenoxy) is 2. The van der Waals surface area contributed by atoms with Crippen molar-refractivity contribution in [1.29, 1.82) is 5.26 Å². The van der Waals surface area contributed by atoms with E-state index >= 15 is 0 Å². The number of hydrogen-bond acceptors (Lipinski definition) is 7. The van der Waals surface area contributed by atoms with Gasteiger partial charge in [0.05, 0.1) is 28.1 Å². The number of rotatable bonds is 6. The first-order valence-corrected chi connectivity index (χ1v) is 10.3. The molecule has 0 atom stereocenters. The Labute approximate surface area is 185 Å². The zero-order valence-electron chi connectivity index (χ0n) is 15.8. The molecule has 0 radical (unpaired) electrons. The maximum absolute atomic E-state index is 12.4. The normalized spacial score (nSPS) is 14.7. The Morgan fingerprint density at radius 1 is 1.27 bits per heavy atom. The van der Waals surface area contributed by atoms with Crippen LogP contribution in [0, 0.1) is 11.3 Å². The standard InChI is InChI=1S/C21H15BrN2O5S/c1-28-19(25)11-24-20(26)18(30-21(24)27)9-13-6-7-17(16(22)8-13)29-12-15-5-3-2-4-14(15)10-23/h2-9H,11-12H2,1H3/b18-9+. The highest BCUT2D eigenvalue weighted by Crippen LogP contribution is 2.34. The lowest BCUT2D eigenvalue weighted by Gasteiger charge is -2.10. The monoisotopic (exact) mass is 486 g/mol. The molecule has 1 aliphatic rings. The van der Waals surface area contributed by atoms with Crippen molar-refractivity contribution in [3.8, 4) is 11.8 Å². The molecule has 1 heterocycles. The zero-order chi connectivity index (χ0) is 21.7. The molecule has 1 fully saturated rings.